The van der Waals surface area contributed by atoms with Crippen molar-refractivity contribution in [3.05, 3.63) is 0 Å². The Bertz CT molecular complexity index is 261. The van der Waals surface area contributed by atoms with E-state index < -0.39 is 5.60 Å². The predicted molar refractivity (Wildman–Crippen MR) is 73.4 cm³/mol. The standard InChI is InChI=1S/C14H28N2O2/c1-14(2,3)18-13(17)16-10-12-8-6-4-5-7-11(12)9-15/h11-12H,4-10,15H2,1-3H3,(H,16,17)/t11-,12-/m0/s1. The molecule has 0 radical (unpaired) electrons. The molecule has 0 aromatic rings. The van der Waals surface area contributed by atoms with Gasteiger partial charge in [-0.3, -0.25) is 0 Å². The van der Waals surface area contributed by atoms with Crippen LogP contribution in [0.5, 0.6) is 0 Å². The molecule has 1 fully saturated rings. The maximum atomic E-state index is 11.6. The van der Waals surface area contributed by atoms with E-state index in [4.69, 9.17) is 10.5 Å². The van der Waals surface area contributed by atoms with Gasteiger partial charge in [0.1, 0.15) is 5.60 Å². The molecule has 0 saturated heterocycles. The van der Waals surface area contributed by atoms with E-state index in [-0.39, 0.29) is 6.09 Å². The summed E-state index contributed by atoms with van der Waals surface area (Å²) in [6, 6.07) is 0. The van der Waals surface area contributed by atoms with Gasteiger partial charge in [0.05, 0.1) is 0 Å². The predicted octanol–water partition coefficient (Wildman–Crippen LogP) is 2.67. The summed E-state index contributed by atoms with van der Waals surface area (Å²) in [7, 11) is 0. The molecule has 1 saturated carbocycles. The van der Waals surface area contributed by atoms with Gasteiger partial charge < -0.3 is 15.8 Å². The van der Waals surface area contributed by atoms with Gasteiger partial charge in [0.25, 0.3) is 0 Å². The number of carbonyl (C=O) groups excluding carboxylic acids is 1. The van der Waals surface area contributed by atoms with Crippen LogP contribution in [0, 0.1) is 11.8 Å². The molecule has 4 nitrogen and oxygen atoms in total. The van der Waals surface area contributed by atoms with Gasteiger partial charge in [0.15, 0.2) is 0 Å². The van der Waals surface area contributed by atoms with E-state index in [0.717, 1.165) is 13.0 Å². The van der Waals surface area contributed by atoms with Crippen molar-refractivity contribution in [2.45, 2.75) is 58.5 Å². The fourth-order valence-electron chi connectivity index (χ4n) is 2.57. The van der Waals surface area contributed by atoms with Crippen LogP contribution >= 0.6 is 0 Å². The zero-order chi connectivity index (χ0) is 13.6. The molecule has 1 amide bonds. The second-order valence-electron chi connectivity index (χ2n) is 6.28. The Kier molecular flexibility index (Phi) is 5.93. The van der Waals surface area contributed by atoms with Crippen molar-refractivity contribution in [2.24, 2.45) is 17.6 Å². The number of nitrogens with one attached hydrogen (secondary N) is 1. The molecule has 0 spiro atoms. The van der Waals surface area contributed by atoms with Crippen LogP contribution in [0.4, 0.5) is 4.79 Å². The van der Waals surface area contributed by atoms with E-state index in [1.807, 2.05) is 20.8 Å². The van der Waals surface area contributed by atoms with E-state index in [2.05, 4.69) is 5.32 Å². The molecule has 0 unspecified atom stereocenters. The first kappa shape index (κ1) is 15.3. The number of amides is 1. The summed E-state index contributed by atoms with van der Waals surface area (Å²) >= 11 is 0. The lowest BCUT2D eigenvalue weighted by Crippen LogP contribution is -2.38. The highest BCUT2D eigenvalue weighted by Crippen LogP contribution is 2.27. The summed E-state index contributed by atoms with van der Waals surface area (Å²) in [5.74, 6) is 1.05. The van der Waals surface area contributed by atoms with Crippen LogP contribution in [0.3, 0.4) is 0 Å². The highest BCUT2D eigenvalue weighted by atomic mass is 16.6. The molecule has 106 valence electrons. The summed E-state index contributed by atoms with van der Waals surface area (Å²) in [5.41, 5.74) is 5.40. The number of hydrogen-bond acceptors (Lipinski definition) is 3. The van der Waals surface area contributed by atoms with Gasteiger partial charge >= 0.3 is 6.09 Å². The van der Waals surface area contributed by atoms with Gasteiger partial charge in [-0.25, -0.2) is 4.79 Å². The number of rotatable bonds is 3. The van der Waals surface area contributed by atoms with Crippen LogP contribution in [0.2, 0.25) is 0 Å². The minimum Gasteiger partial charge on any atom is -0.444 e. The first-order valence-electron chi connectivity index (χ1n) is 7.09. The maximum absolute atomic E-state index is 11.6. The summed E-state index contributed by atoms with van der Waals surface area (Å²) in [6.45, 7) is 7.04. The lowest BCUT2D eigenvalue weighted by Gasteiger charge is -2.25. The number of nitrogens with two attached hydrogens (primary N) is 1. The lowest BCUT2D eigenvalue weighted by molar-refractivity contribution is 0.0512. The van der Waals surface area contributed by atoms with Gasteiger partial charge in [0.2, 0.25) is 0 Å². The molecule has 0 aromatic heterocycles. The molecular weight excluding hydrogens is 228 g/mol. The van der Waals surface area contributed by atoms with E-state index >= 15 is 0 Å². The quantitative estimate of drug-likeness (QED) is 0.763. The van der Waals surface area contributed by atoms with Crippen molar-refractivity contribution in [1.82, 2.24) is 5.32 Å². The highest BCUT2D eigenvalue weighted by Gasteiger charge is 2.24. The smallest absolute Gasteiger partial charge is 0.407 e. The van der Waals surface area contributed by atoms with Crippen LogP contribution in [-0.2, 0) is 4.74 Å². The summed E-state index contributed by atoms with van der Waals surface area (Å²) in [4.78, 5) is 11.6. The molecule has 4 heteroatoms. The first-order valence-corrected chi connectivity index (χ1v) is 7.09. The zero-order valence-corrected chi connectivity index (χ0v) is 12.0. The fourth-order valence-corrected chi connectivity index (χ4v) is 2.57. The molecular formula is C14H28N2O2. The number of alkyl carbamates (subject to hydrolysis) is 1. The molecule has 0 aliphatic heterocycles. The van der Waals surface area contributed by atoms with Gasteiger partial charge in [-0.15, -0.1) is 0 Å². The Hall–Kier alpha value is -0.770. The summed E-state index contributed by atoms with van der Waals surface area (Å²) in [6.07, 6.45) is 5.85. The van der Waals surface area contributed by atoms with Gasteiger partial charge in [-0.1, -0.05) is 19.3 Å². The van der Waals surface area contributed by atoms with E-state index in [9.17, 15) is 4.79 Å². The Labute approximate surface area is 111 Å². The van der Waals surface area contributed by atoms with Gasteiger partial charge in [-0.2, -0.15) is 0 Å². The van der Waals surface area contributed by atoms with Crippen LogP contribution in [-0.4, -0.2) is 24.8 Å². The average molecular weight is 256 g/mol. The molecule has 1 aliphatic rings. The van der Waals surface area contributed by atoms with Crippen LogP contribution < -0.4 is 11.1 Å². The molecule has 1 rings (SSSR count). The Balaban J connectivity index is 2.37. The highest BCUT2D eigenvalue weighted by molar-refractivity contribution is 5.67. The molecule has 18 heavy (non-hydrogen) atoms. The third-order valence-corrected chi connectivity index (χ3v) is 3.53. The van der Waals surface area contributed by atoms with Crippen molar-refractivity contribution in [3.63, 3.8) is 0 Å². The van der Waals surface area contributed by atoms with E-state index in [0.29, 0.717) is 18.4 Å². The van der Waals surface area contributed by atoms with Crippen molar-refractivity contribution in [3.8, 4) is 0 Å². The van der Waals surface area contributed by atoms with Gasteiger partial charge in [-0.05, 0) is 52.0 Å². The molecule has 1 aliphatic carbocycles. The number of carbonyl (C=O) groups is 1. The SMILES string of the molecule is CC(C)(C)OC(=O)NC[C@@H]1CCCCC[C@H]1CN. The number of hydrogen-bond donors (Lipinski definition) is 2. The molecule has 0 bridgehead atoms. The summed E-state index contributed by atoms with van der Waals surface area (Å²) in [5, 5.41) is 2.88. The molecule has 2 atom stereocenters. The zero-order valence-electron chi connectivity index (χ0n) is 12.0. The van der Waals surface area contributed by atoms with Crippen LogP contribution in [0.15, 0.2) is 0 Å². The first-order chi connectivity index (χ1) is 8.42. The largest absolute Gasteiger partial charge is 0.444 e. The van der Waals surface area contributed by atoms with Crippen LogP contribution in [0.1, 0.15) is 52.9 Å². The monoisotopic (exact) mass is 256 g/mol. The Morgan fingerprint density at radius 1 is 1.22 bits per heavy atom. The Morgan fingerprint density at radius 3 is 2.39 bits per heavy atom. The van der Waals surface area contributed by atoms with Crippen LogP contribution in [0.25, 0.3) is 0 Å². The van der Waals surface area contributed by atoms with Crippen molar-refractivity contribution in [2.75, 3.05) is 13.1 Å². The second kappa shape index (κ2) is 6.98. The van der Waals surface area contributed by atoms with Gasteiger partial charge in [0, 0.05) is 6.54 Å². The van der Waals surface area contributed by atoms with E-state index in [1.54, 1.807) is 0 Å². The van der Waals surface area contributed by atoms with E-state index in [1.165, 1.54) is 25.7 Å². The summed E-state index contributed by atoms with van der Waals surface area (Å²) < 4.78 is 5.25. The maximum Gasteiger partial charge on any atom is 0.407 e. The molecule has 3 N–H and O–H groups in total. The molecule has 0 heterocycles. The third-order valence-electron chi connectivity index (χ3n) is 3.53. The minimum absolute atomic E-state index is 0.317. The third kappa shape index (κ3) is 5.71. The fraction of sp³-hybridized carbons (Fsp3) is 0.929. The average Bonchev–Trinajstić information content (AvgIpc) is 2.48. The topological polar surface area (TPSA) is 64.3 Å². The second-order valence-corrected chi connectivity index (χ2v) is 6.28. The normalized spacial score (nSPS) is 25.3. The Morgan fingerprint density at radius 2 is 1.83 bits per heavy atom. The lowest BCUT2D eigenvalue weighted by atomic mass is 9.88. The molecule has 0 aromatic carbocycles. The van der Waals surface area contributed by atoms with Crippen molar-refractivity contribution in [1.29, 1.82) is 0 Å². The van der Waals surface area contributed by atoms with Crippen molar-refractivity contribution >= 4 is 6.09 Å². The van der Waals surface area contributed by atoms with Crippen molar-refractivity contribution < 1.29 is 9.53 Å². The number of ether oxygens (including phenoxy) is 1. The minimum atomic E-state index is -0.430.